The molecule has 0 atom stereocenters. The lowest BCUT2D eigenvalue weighted by Gasteiger charge is -2.20. The van der Waals surface area contributed by atoms with Crippen molar-refractivity contribution < 1.29 is 14.3 Å². The molecule has 1 aromatic carbocycles. The number of hydrogen-bond acceptors (Lipinski definition) is 6. The van der Waals surface area contributed by atoms with Gasteiger partial charge >= 0.3 is 5.97 Å². The molecule has 28 heavy (non-hydrogen) atoms. The number of carbonyl (C=O) groups excluding carboxylic acids is 1. The molecule has 0 saturated heterocycles. The fourth-order valence-electron chi connectivity index (χ4n) is 3.27. The summed E-state index contributed by atoms with van der Waals surface area (Å²) in [7, 11) is 1.55. The highest BCUT2D eigenvalue weighted by molar-refractivity contribution is 9.10. The third kappa shape index (κ3) is 3.13. The topological polar surface area (TPSA) is 96.4 Å². The van der Waals surface area contributed by atoms with E-state index in [1.165, 1.54) is 10.8 Å². The Bertz CT molecular complexity index is 1150. The van der Waals surface area contributed by atoms with Crippen LogP contribution in [0.3, 0.4) is 0 Å². The second kappa shape index (κ2) is 7.63. The molecule has 0 aliphatic heterocycles. The maximum absolute atomic E-state index is 13.4. The molecule has 0 saturated carbocycles. The molecule has 3 rings (SSSR count). The van der Waals surface area contributed by atoms with Crippen LogP contribution in [0, 0.1) is 13.8 Å². The number of nitrogen functional groups attached to an aromatic ring is 1. The molecule has 0 aliphatic rings. The Labute approximate surface area is 170 Å². The number of aryl methyl sites for hydroxylation is 1. The van der Waals surface area contributed by atoms with Crippen LogP contribution in [0.1, 0.15) is 28.4 Å². The summed E-state index contributed by atoms with van der Waals surface area (Å²) in [5.74, 6) is -0.0472. The van der Waals surface area contributed by atoms with Gasteiger partial charge < -0.3 is 15.2 Å². The van der Waals surface area contributed by atoms with Gasteiger partial charge in [0, 0.05) is 16.2 Å². The van der Waals surface area contributed by atoms with Crippen LogP contribution in [0.4, 0.5) is 5.82 Å². The molecule has 0 bridgehead atoms. The Morgan fingerprint density at radius 1 is 1.32 bits per heavy atom. The molecule has 0 fully saturated rings. The second-order valence-corrected chi connectivity index (χ2v) is 7.14. The largest absolute Gasteiger partial charge is 0.496 e. The fraction of sp³-hybridized carbons (Fsp3) is 0.250. The van der Waals surface area contributed by atoms with E-state index in [2.05, 4.69) is 20.9 Å². The molecule has 146 valence electrons. The van der Waals surface area contributed by atoms with Gasteiger partial charge in [0.1, 0.15) is 17.1 Å². The number of rotatable bonds is 4. The van der Waals surface area contributed by atoms with Crippen LogP contribution in [0.25, 0.3) is 16.6 Å². The minimum absolute atomic E-state index is 0.0229. The fourth-order valence-corrected chi connectivity index (χ4v) is 3.60. The first-order valence-corrected chi connectivity index (χ1v) is 9.42. The van der Waals surface area contributed by atoms with Gasteiger partial charge in [0.25, 0.3) is 5.56 Å². The molecule has 0 unspecified atom stereocenters. The third-order valence-electron chi connectivity index (χ3n) is 4.53. The highest BCUT2D eigenvalue weighted by atomic mass is 79.9. The normalized spacial score (nSPS) is 10.9. The SMILES string of the molecule is CCOC(=O)c1c(N)n(-c2c(C)ccc(OC)c2C)c(=O)c2cc(Br)cnc12. The monoisotopic (exact) mass is 445 g/mol. The van der Waals surface area contributed by atoms with Crippen LogP contribution < -0.4 is 16.0 Å². The van der Waals surface area contributed by atoms with E-state index >= 15 is 0 Å². The van der Waals surface area contributed by atoms with Gasteiger partial charge in [0.05, 0.1) is 30.3 Å². The van der Waals surface area contributed by atoms with Crippen LogP contribution in [0.5, 0.6) is 5.75 Å². The number of carbonyl (C=O) groups is 1. The van der Waals surface area contributed by atoms with Crippen LogP contribution >= 0.6 is 15.9 Å². The summed E-state index contributed by atoms with van der Waals surface area (Å²) >= 11 is 3.33. The van der Waals surface area contributed by atoms with Crippen molar-refractivity contribution in [3.05, 3.63) is 55.9 Å². The summed E-state index contributed by atoms with van der Waals surface area (Å²) in [6.07, 6.45) is 1.51. The lowest BCUT2D eigenvalue weighted by Crippen LogP contribution is -2.27. The van der Waals surface area contributed by atoms with E-state index in [4.69, 9.17) is 15.2 Å². The van der Waals surface area contributed by atoms with Gasteiger partial charge in [-0.05, 0) is 54.4 Å². The van der Waals surface area contributed by atoms with E-state index in [-0.39, 0.29) is 34.5 Å². The van der Waals surface area contributed by atoms with Crippen LogP contribution in [0.2, 0.25) is 0 Å². The lowest BCUT2D eigenvalue weighted by molar-refractivity contribution is 0.0529. The zero-order valence-electron chi connectivity index (χ0n) is 16.0. The Morgan fingerprint density at radius 3 is 2.68 bits per heavy atom. The van der Waals surface area contributed by atoms with Crippen molar-refractivity contribution in [1.29, 1.82) is 0 Å². The highest BCUT2D eigenvalue weighted by Gasteiger charge is 2.25. The predicted molar refractivity (Wildman–Crippen MR) is 111 cm³/mol. The van der Waals surface area contributed by atoms with Gasteiger partial charge in [0.2, 0.25) is 0 Å². The second-order valence-electron chi connectivity index (χ2n) is 6.23. The molecule has 7 nitrogen and oxygen atoms in total. The van der Waals surface area contributed by atoms with Crippen LogP contribution in [0.15, 0.2) is 33.7 Å². The minimum atomic E-state index is -0.633. The minimum Gasteiger partial charge on any atom is -0.496 e. The Kier molecular flexibility index (Phi) is 5.42. The van der Waals surface area contributed by atoms with Gasteiger partial charge in [-0.15, -0.1) is 0 Å². The predicted octanol–water partition coefficient (Wildman–Crippen LogP) is 3.53. The number of halogens is 1. The Balaban J connectivity index is 2.52. The molecule has 0 amide bonds. The van der Waals surface area contributed by atoms with E-state index in [0.29, 0.717) is 15.9 Å². The van der Waals surface area contributed by atoms with Gasteiger partial charge in [-0.3, -0.25) is 14.3 Å². The molecular formula is C20H20BrN3O4. The Hall–Kier alpha value is -2.87. The molecule has 0 radical (unpaired) electrons. The quantitative estimate of drug-likeness (QED) is 0.616. The van der Waals surface area contributed by atoms with E-state index < -0.39 is 5.97 Å². The van der Waals surface area contributed by atoms with Crippen LogP contribution in [-0.4, -0.2) is 29.2 Å². The zero-order valence-corrected chi connectivity index (χ0v) is 17.6. The standard InChI is InChI=1S/C20H20BrN3O4/c1-5-28-20(26)15-16-13(8-12(21)9-23-16)19(25)24(18(15)22)17-10(2)6-7-14(27-4)11(17)3/h6-9H,5,22H2,1-4H3. The number of hydrogen-bond donors (Lipinski definition) is 1. The summed E-state index contributed by atoms with van der Waals surface area (Å²) < 4.78 is 12.5. The molecule has 2 aromatic heterocycles. The molecular weight excluding hydrogens is 426 g/mol. The van der Waals surface area contributed by atoms with Gasteiger partial charge in [-0.1, -0.05) is 6.07 Å². The summed E-state index contributed by atoms with van der Waals surface area (Å²) in [6.45, 7) is 5.57. The summed E-state index contributed by atoms with van der Waals surface area (Å²) in [6, 6.07) is 5.27. The molecule has 2 heterocycles. The summed E-state index contributed by atoms with van der Waals surface area (Å²) in [5, 5.41) is 0.258. The number of fused-ring (bicyclic) bond motifs is 1. The maximum atomic E-state index is 13.4. The van der Waals surface area contributed by atoms with E-state index in [9.17, 15) is 9.59 Å². The molecule has 0 spiro atoms. The average Bonchev–Trinajstić information content (AvgIpc) is 2.65. The average molecular weight is 446 g/mol. The van der Waals surface area contributed by atoms with Gasteiger partial charge in [0.15, 0.2) is 0 Å². The van der Waals surface area contributed by atoms with Crippen molar-refractivity contribution in [2.24, 2.45) is 0 Å². The van der Waals surface area contributed by atoms with Crippen molar-refractivity contribution in [2.45, 2.75) is 20.8 Å². The number of methoxy groups -OCH3 is 1. The lowest BCUT2D eigenvalue weighted by atomic mass is 10.1. The Morgan fingerprint density at radius 2 is 2.04 bits per heavy atom. The zero-order chi connectivity index (χ0) is 20.6. The number of anilines is 1. The first-order chi connectivity index (χ1) is 13.3. The molecule has 3 aromatic rings. The number of aromatic nitrogens is 2. The number of esters is 1. The summed E-state index contributed by atoms with van der Waals surface area (Å²) in [5.41, 5.74) is 8.34. The van der Waals surface area contributed by atoms with E-state index in [0.717, 1.165) is 11.1 Å². The first-order valence-electron chi connectivity index (χ1n) is 8.63. The van der Waals surface area contributed by atoms with E-state index in [1.807, 2.05) is 26.0 Å². The number of ether oxygens (including phenoxy) is 2. The highest BCUT2D eigenvalue weighted by Crippen LogP contribution is 2.31. The number of benzene rings is 1. The van der Waals surface area contributed by atoms with Crippen molar-refractivity contribution in [1.82, 2.24) is 9.55 Å². The smallest absolute Gasteiger partial charge is 0.344 e. The molecule has 8 heteroatoms. The molecule has 0 aliphatic carbocycles. The first kappa shape index (κ1) is 19.9. The van der Waals surface area contributed by atoms with Crippen molar-refractivity contribution >= 4 is 38.6 Å². The number of nitrogens with zero attached hydrogens (tertiary/aromatic N) is 2. The van der Waals surface area contributed by atoms with Crippen molar-refractivity contribution in [3.63, 3.8) is 0 Å². The van der Waals surface area contributed by atoms with E-state index in [1.54, 1.807) is 20.1 Å². The van der Waals surface area contributed by atoms with Gasteiger partial charge in [-0.25, -0.2) is 4.79 Å². The van der Waals surface area contributed by atoms with Crippen molar-refractivity contribution in [3.8, 4) is 11.4 Å². The maximum Gasteiger partial charge on any atom is 0.344 e. The third-order valence-corrected chi connectivity index (χ3v) is 4.96. The number of pyridine rings is 2. The number of nitrogens with two attached hydrogens (primary N) is 1. The van der Waals surface area contributed by atoms with Crippen molar-refractivity contribution in [2.75, 3.05) is 19.5 Å². The molecule has 2 N–H and O–H groups in total. The summed E-state index contributed by atoms with van der Waals surface area (Å²) in [4.78, 5) is 30.3. The van der Waals surface area contributed by atoms with Crippen LogP contribution in [-0.2, 0) is 4.74 Å². The van der Waals surface area contributed by atoms with Gasteiger partial charge in [-0.2, -0.15) is 0 Å².